The maximum Gasteiger partial charge on any atom is 0.262 e. The summed E-state index contributed by atoms with van der Waals surface area (Å²) in [6, 6.07) is 8.14. The molecule has 0 fully saturated rings. The maximum absolute atomic E-state index is 13.7. The molecular formula is C13H12BrFN2O3S. The average molecular weight is 375 g/mol. The fourth-order valence-electron chi connectivity index (χ4n) is 1.65. The number of halogens is 2. The van der Waals surface area contributed by atoms with E-state index >= 15 is 0 Å². The van der Waals surface area contributed by atoms with E-state index in [9.17, 15) is 12.8 Å². The molecule has 2 aromatic rings. The number of ether oxygens (including phenoxy) is 1. The van der Waals surface area contributed by atoms with Crippen molar-refractivity contribution in [2.24, 2.45) is 0 Å². The molecule has 2 rings (SSSR count). The summed E-state index contributed by atoms with van der Waals surface area (Å²) < 4.78 is 45.8. The Kier molecular flexibility index (Phi) is 4.38. The summed E-state index contributed by atoms with van der Waals surface area (Å²) in [6.07, 6.45) is 0. The molecule has 0 radical (unpaired) electrons. The van der Waals surface area contributed by atoms with Gasteiger partial charge in [-0.1, -0.05) is 6.07 Å². The number of nitrogen functional groups attached to an aromatic ring is 1. The molecular weight excluding hydrogens is 363 g/mol. The van der Waals surface area contributed by atoms with Crippen molar-refractivity contribution < 1.29 is 17.5 Å². The number of methoxy groups -OCH3 is 1. The summed E-state index contributed by atoms with van der Waals surface area (Å²) >= 11 is 3.10. The lowest BCUT2D eigenvalue weighted by Crippen LogP contribution is -2.14. The standard InChI is InChI=1S/C13H12BrFN2O3S/c1-20-12-7-8(5-6-11(12)16)21(18,19)17-13-9(14)3-2-4-10(13)15/h2-7,17H,16H2,1H3. The minimum Gasteiger partial charge on any atom is -0.495 e. The van der Waals surface area contributed by atoms with Crippen molar-refractivity contribution in [2.45, 2.75) is 4.90 Å². The first-order valence-electron chi connectivity index (χ1n) is 5.75. The molecule has 5 nitrogen and oxygen atoms in total. The predicted molar refractivity (Wildman–Crippen MR) is 82.3 cm³/mol. The van der Waals surface area contributed by atoms with Gasteiger partial charge in [-0.25, -0.2) is 12.8 Å². The van der Waals surface area contributed by atoms with Gasteiger partial charge in [0.25, 0.3) is 10.0 Å². The Bertz CT molecular complexity index is 761. The van der Waals surface area contributed by atoms with E-state index in [1.54, 1.807) is 0 Å². The minimum atomic E-state index is -3.96. The SMILES string of the molecule is COc1cc(S(=O)(=O)Nc2c(F)cccc2Br)ccc1N. The molecule has 0 heterocycles. The van der Waals surface area contributed by atoms with E-state index in [0.29, 0.717) is 10.2 Å². The molecule has 8 heteroatoms. The average Bonchev–Trinajstić information content (AvgIpc) is 2.43. The molecule has 0 aliphatic heterocycles. The lowest BCUT2D eigenvalue weighted by atomic mass is 10.3. The topological polar surface area (TPSA) is 81.4 Å². The van der Waals surface area contributed by atoms with Gasteiger partial charge in [0.2, 0.25) is 0 Å². The molecule has 0 aromatic heterocycles. The van der Waals surface area contributed by atoms with Gasteiger partial charge in [-0.05, 0) is 40.2 Å². The molecule has 3 N–H and O–H groups in total. The summed E-state index contributed by atoms with van der Waals surface area (Å²) in [4.78, 5) is -0.0799. The van der Waals surface area contributed by atoms with Crippen LogP contribution in [0.4, 0.5) is 15.8 Å². The van der Waals surface area contributed by atoms with Crippen molar-refractivity contribution in [3.63, 3.8) is 0 Å². The van der Waals surface area contributed by atoms with Crippen molar-refractivity contribution in [3.8, 4) is 5.75 Å². The van der Waals surface area contributed by atoms with Crippen molar-refractivity contribution in [1.82, 2.24) is 0 Å². The fraction of sp³-hybridized carbons (Fsp3) is 0.0769. The van der Waals surface area contributed by atoms with Gasteiger partial charge in [0, 0.05) is 10.5 Å². The fourth-order valence-corrected chi connectivity index (χ4v) is 3.32. The first-order chi connectivity index (χ1) is 9.85. The van der Waals surface area contributed by atoms with E-state index in [4.69, 9.17) is 10.5 Å². The molecule has 2 aromatic carbocycles. The highest BCUT2D eigenvalue weighted by Gasteiger charge is 2.19. The van der Waals surface area contributed by atoms with Crippen LogP contribution in [-0.4, -0.2) is 15.5 Å². The number of nitrogens with two attached hydrogens (primary N) is 1. The van der Waals surface area contributed by atoms with Gasteiger partial charge >= 0.3 is 0 Å². The van der Waals surface area contributed by atoms with Crippen LogP contribution in [0.5, 0.6) is 5.75 Å². The number of rotatable bonds is 4. The summed E-state index contributed by atoms with van der Waals surface area (Å²) in [5.41, 5.74) is 5.79. The van der Waals surface area contributed by atoms with Crippen LogP contribution in [-0.2, 0) is 10.0 Å². The van der Waals surface area contributed by atoms with Crippen LogP contribution < -0.4 is 15.2 Å². The zero-order valence-electron chi connectivity index (χ0n) is 10.9. The van der Waals surface area contributed by atoms with Crippen molar-refractivity contribution in [2.75, 3.05) is 17.6 Å². The Morgan fingerprint density at radius 1 is 1.29 bits per heavy atom. The first kappa shape index (κ1) is 15.6. The van der Waals surface area contributed by atoms with Gasteiger partial charge in [-0.15, -0.1) is 0 Å². The molecule has 0 bridgehead atoms. The van der Waals surface area contributed by atoms with Crippen LogP contribution in [0, 0.1) is 5.82 Å². The number of para-hydroxylation sites is 1. The first-order valence-corrected chi connectivity index (χ1v) is 8.03. The monoisotopic (exact) mass is 374 g/mol. The Morgan fingerprint density at radius 2 is 2.00 bits per heavy atom. The normalized spacial score (nSPS) is 11.2. The second kappa shape index (κ2) is 5.90. The van der Waals surface area contributed by atoms with Crippen LogP contribution >= 0.6 is 15.9 Å². The maximum atomic E-state index is 13.7. The Morgan fingerprint density at radius 3 is 2.62 bits per heavy atom. The molecule has 0 saturated carbocycles. The summed E-state index contributed by atoms with van der Waals surface area (Å²) in [6.45, 7) is 0. The number of nitrogens with one attached hydrogen (secondary N) is 1. The van der Waals surface area contributed by atoms with Crippen LogP contribution in [0.3, 0.4) is 0 Å². The predicted octanol–water partition coefficient (Wildman–Crippen LogP) is 2.98. The van der Waals surface area contributed by atoms with E-state index in [-0.39, 0.29) is 16.3 Å². The number of hydrogen-bond donors (Lipinski definition) is 2. The van der Waals surface area contributed by atoms with Crippen LogP contribution in [0.15, 0.2) is 45.8 Å². The van der Waals surface area contributed by atoms with Crippen LogP contribution in [0.2, 0.25) is 0 Å². The Balaban J connectivity index is 2.44. The zero-order valence-corrected chi connectivity index (χ0v) is 13.3. The van der Waals surface area contributed by atoms with Crippen molar-refractivity contribution in [3.05, 3.63) is 46.7 Å². The second-order valence-electron chi connectivity index (χ2n) is 4.11. The number of sulfonamides is 1. The van der Waals surface area contributed by atoms with Gasteiger partial charge in [0.1, 0.15) is 11.6 Å². The van der Waals surface area contributed by atoms with Gasteiger partial charge < -0.3 is 10.5 Å². The highest BCUT2D eigenvalue weighted by Crippen LogP contribution is 2.30. The number of benzene rings is 2. The molecule has 0 spiro atoms. The second-order valence-corrected chi connectivity index (χ2v) is 6.64. The third-order valence-corrected chi connectivity index (χ3v) is 4.72. The largest absolute Gasteiger partial charge is 0.495 e. The molecule has 112 valence electrons. The van der Waals surface area contributed by atoms with E-state index < -0.39 is 15.8 Å². The van der Waals surface area contributed by atoms with E-state index in [1.807, 2.05) is 0 Å². The number of anilines is 2. The highest BCUT2D eigenvalue weighted by molar-refractivity contribution is 9.10. The molecule has 0 atom stereocenters. The summed E-state index contributed by atoms with van der Waals surface area (Å²) in [5, 5.41) is 0. The lowest BCUT2D eigenvalue weighted by Gasteiger charge is -2.12. The molecule has 0 aliphatic rings. The molecule has 0 amide bonds. The van der Waals surface area contributed by atoms with Gasteiger partial charge in [-0.3, -0.25) is 4.72 Å². The minimum absolute atomic E-state index is 0.0799. The van der Waals surface area contributed by atoms with E-state index in [0.717, 1.165) is 6.07 Å². The Hall–Kier alpha value is -1.80. The highest BCUT2D eigenvalue weighted by atomic mass is 79.9. The van der Waals surface area contributed by atoms with Gasteiger partial charge in [-0.2, -0.15) is 0 Å². The zero-order chi connectivity index (χ0) is 15.6. The van der Waals surface area contributed by atoms with Gasteiger partial charge in [0.15, 0.2) is 0 Å². The Labute approximate surface area is 130 Å². The van der Waals surface area contributed by atoms with E-state index in [2.05, 4.69) is 20.7 Å². The molecule has 0 saturated heterocycles. The molecule has 21 heavy (non-hydrogen) atoms. The quantitative estimate of drug-likeness (QED) is 0.806. The van der Waals surface area contributed by atoms with Gasteiger partial charge in [0.05, 0.1) is 23.4 Å². The lowest BCUT2D eigenvalue weighted by molar-refractivity contribution is 0.415. The van der Waals surface area contributed by atoms with Crippen LogP contribution in [0.1, 0.15) is 0 Å². The van der Waals surface area contributed by atoms with Crippen molar-refractivity contribution >= 4 is 37.3 Å². The summed E-state index contributed by atoms with van der Waals surface area (Å²) in [5.74, 6) is -0.458. The smallest absolute Gasteiger partial charge is 0.262 e. The third-order valence-electron chi connectivity index (χ3n) is 2.71. The van der Waals surface area contributed by atoms with Crippen LogP contribution in [0.25, 0.3) is 0 Å². The number of hydrogen-bond acceptors (Lipinski definition) is 4. The third kappa shape index (κ3) is 3.27. The summed E-state index contributed by atoms with van der Waals surface area (Å²) in [7, 11) is -2.59. The molecule has 0 aliphatic carbocycles. The molecule has 0 unspecified atom stereocenters. The van der Waals surface area contributed by atoms with Crippen molar-refractivity contribution in [1.29, 1.82) is 0 Å². The van der Waals surface area contributed by atoms with E-state index in [1.165, 1.54) is 37.4 Å².